The lowest BCUT2D eigenvalue weighted by molar-refractivity contribution is -0.138. The number of alkyl halides is 3. The largest absolute Gasteiger partial charge is 0.416 e. The van der Waals surface area contributed by atoms with E-state index in [4.69, 9.17) is 0 Å². The summed E-state index contributed by atoms with van der Waals surface area (Å²) in [6.45, 7) is 3.54. The first-order chi connectivity index (χ1) is 14.7. The zero-order chi connectivity index (χ0) is 22.2. The van der Waals surface area contributed by atoms with Crippen LogP contribution in [0.4, 0.5) is 23.4 Å². The average Bonchev–Trinajstić information content (AvgIpc) is 2.75. The normalized spacial score (nSPS) is 15.8. The van der Waals surface area contributed by atoms with Crippen molar-refractivity contribution in [1.82, 2.24) is 15.1 Å². The van der Waals surface area contributed by atoms with Gasteiger partial charge in [0.25, 0.3) is 0 Å². The molecule has 1 aliphatic rings. The zero-order valence-electron chi connectivity index (χ0n) is 17.5. The Balaban J connectivity index is 1.46. The molecule has 1 fully saturated rings. The number of hydrogen-bond acceptors (Lipinski definition) is 4. The van der Waals surface area contributed by atoms with Crippen molar-refractivity contribution in [2.45, 2.75) is 38.5 Å². The lowest BCUT2D eigenvalue weighted by atomic mass is 10.0. The van der Waals surface area contributed by atoms with Gasteiger partial charge in [0.05, 0.1) is 11.3 Å². The minimum absolute atomic E-state index is 0.0919. The van der Waals surface area contributed by atoms with Gasteiger partial charge in [-0.05, 0) is 44.5 Å². The summed E-state index contributed by atoms with van der Waals surface area (Å²) in [6, 6.07) is 11.1. The van der Waals surface area contributed by atoms with Crippen LogP contribution in [0.3, 0.4) is 0 Å². The Kier molecular flexibility index (Phi) is 5.83. The fourth-order valence-corrected chi connectivity index (χ4v) is 4.32. The van der Waals surface area contributed by atoms with Gasteiger partial charge in [-0.15, -0.1) is 5.10 Å². The second-order valence-corrected chi connectivity index (χ2v) is 8.09. The number of rotatable bonds is 4. The standard InChI is InChI=1S/C23H24F4N4/c1-15-19-5-3-4-6-20(19)22(29-28-15)31-11-9-18(10-12-31)30(2)14-16-7-8-17(24)13-21(16)23(25,26)27/h3-8,13,18H,9-12,14H2,1-2H3. The molecule has 0 unspecified atom stereocenters. The molecule has 2 aromatic carbocycles. The maximum atomic E-state index is 13.4. The number of benzene rings is 2. The van der Waals surface area contributed by atoms with Crippen molar-refractivity contribution in [3.05, 3.63) is 65.1 Å². The first-order valence-electron chi connectivity index (χ1n) is 10.3. The van der Waals surface area contributed by atoms with E-state index in [0.717, 1.165) is 54.3 Å². The monoisotopic (exact) mass is 432 g/mol. The highest BCUT2D eigenvalue weighted by Crippen LogP contribution is 2.34. The summed E-state index contributed by atoms with van der Waals surface area (Å²) in [6.07, 6.45) is -2.99. The Morgan fingerprint density at radius 2 is 1.71 bits per heavy atom. The van der Waals surface area contributed by atoms with E-state index in [1.807, 2.05) is 43.1 Å². The molecule has 1 aromatic heterocycles. The first-order valence-corrected chi connectivity index (χ1v) is 10.3. The molecule has 0 N–H and O–H groups in total. The highest BCUT2D eigenvalue weighted by atomic mass is 19.4. The molecule has 3 aromatic rings. The second kappa shape index (κ2) is 8.42. The average molecular weight is 432 g/mol. The molecule has 1 aliphatic heterocycles. The Hall–Kier alpha value is -2.74. The van der Waals surface area contributed by atoms with Crippen molar-refractivity contribution in [1.29, 1.82) is 0 Å². The van der Waals surface area contributed by atoms with Crippen LogP contribution in [0.15, 0.2) is 42.5 Å². The van der Waals surface area contributed by atoms with E-state index in [1.54, 1.807) is 0 Å². The van der Waals surface area contributed by atoms with Gasteiger partial charge in [0, 0.05) is 36.4 Å². The summed E-state index contributed by atoms with van der Waals surface area (Å²) in [5, 5.41) is 10.8. The van der Waals surface area contributed by atoms with E-state index in [0.29, 0.717) is 6.07 Å². The quantitative estimate of drug-likeness (QED) is 0.531. The van der Waals surface area contributed by atoms with Crippen molar-refractivity contribution in [3.8, 4) is 0 Å². The van der Waals surface area contributed by atoms with Crippen LogP contribution in [0.25, 0.3) is 10.8 Å². The number of halogens is 4. The van der Waals surface area contributed by atoms with Gasteiger partial charge in [0.1, 0.15) is 5.82 Å². The summed E-state index contributed by atoms with van der Waals surface area (Å²) in [5.74, 6) is -0.0290. The fraction of sp³-hybridized carbons (Fsp3) is 0.391. The van der Waals surface area contributed by atoms with Crippen molar-refractivity contribution in [2.24, 2.45) is 0 Å². The van der Waals surface area contributed by atoms with Crippen LogP contribution in [-0.4, -0.2) is 41.3 Å². The maximum Gasteiger partial charge on any atom is 0.416 e. The number of hydrogen-bond donors (Lipinski definition) is 0. The molecule has 0 aliphatic carbocycles. The minimum Gasteiger partial charge on any atom is -0.354 e. The summed E-state index contributed by atoms with van der Waals surface area (Å²) >= 11 is 0. The van der Waals surface area contributed by atoms with E-state index in [9.17, 15) is 17.6 Å². The third-order valence-electron chi connectivity index (χ3n) is 6.04. The predicted molar refractivity (Wildman–Crippen MR) is 112 cm³/mol. The number of fused-ring (bicyclic) bond motifs is 1. The summed E-state index contributed by atoms with van der Waals surface area (Å²) < 4.78 is 53.3. The Morgan fingerprint density at radius 1 is 1.03 bits per heavy atom. The van der Waals surface area contributed by atoms with E-state index < -0.39 is 17.6 Å². The molecule has 8 heteroatoms. The number of aromatic nitrogens is 2. The molecule has 4 nitrogen and oxygen atoms in total. The van der Waals surface area contributed by atoms with Gasteiger partial charge in [-0.25, -0.2) is 4.39 Å². The van der Waals surface area contributed by atoms with Crippen molar-refractivity contribution >= 4 is 16.6 Å². The Morgan fingerprint density at radius 3 is 2.39 bits per heavy atom. The molecule has 1 saturated heterocycles. The van der Waals surface area contributed by atoms with Gasteiger partial charge in [-0.2, -0.15) is 18.3 Å². The molecule has 4 rings (SSSR count). The second-order valence-electron chi connectivity index (χ2n) is 8.09. The van der Waals surface area contributed by atoms with E-state index in [1.165, 1.54) is 6.07 Å². The minimum atomic E-state index is -4.58. The fourth-order valence-electron chi connectivity index (χ4n) is 4.32. The molecule has 2 heterocycles. The van der Waals surface area contributed by atoms with E-state index in [2.05, 4.69) is 15.1 Å². The topological polar surface area (TPSA) is 32.3 Å². The van der Waals surface area contributed by atoms with Gasteiger partial charge >= 0.3 is 6.18 Å². The summed E-state index contributed by atoms with van der Waals surface area (Å²) in [5.41, 5.74) is 0.0705. The van der Waals surface area contributed by atoms with Crippen LogP contribution in [0.5, 0.6) is 0 Å². The molecule has 0 spiro atoms. The highest BCUT2D eigenvalue weighted by Gasteiger charge is 2.34. The van der Waals surface area contributed by atoms with Gasteiger partial charge in [0.15, 0.2) is 5.82 Å². The van der Waals surface area contributed by atoms with Crippen LogP contribution in [-0.2, 0) is 12.7 Å². The Bertz CT molecular complexity index is 1070. The van der Waals surface area contributed by atoms with Gasteiger partial charge < -0.3 is 4.90 Å². The van der Waals surface area contributed by atoms with Crippen molar-refractivity contribution in [2.75, 3.05) is 25.0 Å². The smallest absolute Gasteiger partial charge is 0.354 e. The molecule has 164 valence electrons. The van der Waals surface area contributed by atoms with Crippen LogP contribution >= 0.6 is 0 Å². The molecule has 0 atom stereocenters. The predicted octanol–water partition coefficient (Wildman–Crippen LogP) is 5.20. The number of piperidine rings is 1. The van der Waals surface area contributed by atoms with Gasteiger partial charge in [0.2, 0.25) is 0 Å². The van der Waals surface area contributed by atoms with Crippen molar-refractivity contribution in [3.63, 3.8) is 0 Å². The SMILES string of the molecule is Cc1nnc(N2CCC(N(C)Cc3ccc(F)cc3C(F)(F)F)CC2)c2ccccc12. The van der Waals surface area contributed by atoms with Crippen LogP contribution in [0.1, 0.15) is 29.7 Å². The number of anilines is 1. The van der Waals surface area contributed by atoms with Gasteiger partial charge in [-0.3, -0.25) is 4.90 Å². The molecular formula is C23H24F4N4. The molecule has 31 heavy (non-hydrogen) atoms. The first kappa shape index (κ1) is 21.5. The molecular weight excluding hydrogens is 408 g/mol. The van der Waals surface area contributed by atoms with E-state index in [-0.39, 0.29) is 18.2 Å². The lowest BCUT2D eigenvalue weighted by Crippen LogP contribution is -2.43. The van der Waals surface area contributed by atoms with Gasteiger partial charge in [-0.1, -0.05) is 30.3 Å². The highest BCUT2D eigenvalue weighted by molar-refractivity contribution is 5.93. The van der Waals surface area contributed by atoms with Crippen LogP contribution in [0.2, 0.25) is 0 Å². The zero-order valence-corrected chi connectivity index (χ0v) is 17.5. The molecule has 0 bridgehead atoms. The summed E-state index contributed by atoms with van der Waals surface area (Å²) in [7, 11) is 1.82. The molecule has 0 amide bonds. The number of aryl methyl sites for hydroxylation is 1. The summed E-state index contributed by atoms with van der Waals surface area (Å²) in [4.78, 5) is 4.12. The molecule has 0 saturated carbocycles. The molecule has 0 radical (unpaired) electrons. The lowest BCUT2D eigenvalue weighted by Gasteiger charge is -2.37. The van der Waals surface area contributed by atoms with Crippen LogP contribution < -0.4 is 4.90 Å². The third kappa shape index (κ3) is 4.49. The van der Waals surface area contributed by atoms with E-state index >= 15 is 0 Å². The van der Waals surface area contributed by atoms with Crippen LogP contribution in [0, 0.1) is 12.7 Å². The van der Waals surface area contributed by atoms with Crippen molar-refractivity contribution < 1.29 is 17.6 Å². The third-order valence-corrected chi connectivity index (χ3v) is 6.04. The Labute approximate surface area is 178 Å². The maximum absolute atomic E-state index is 13.4. The number of nitrogens with zero attached hydrogens (tertiary/aromatic N) is 4.